The smallest absolute Gasteiger partial charge is 0.407 e. The highest BCUT2D eigenvalue weighted by Crippen LogP contribution is 2.20. The van der Waals surface area contributed by atoms with Crippen molar-refractivity contribution in [2.75, 3.05) is 6.54 Å². The number of nitrogens with one attached hydrogen (secondary N) is 1. The number of hydrogen-bond donors (Lipinski definition) is 1. The lowest BCUT2D eigenvalue weighted by Gasteiger charge is -2.21. The van der Waals surface area contributed by atoms with E-state index in [1.807, 2.05) is 0 Å². The van der Waals surface area contributed by atoms with Crippen molar-refractivity contribution in [2.24, 2.45) is 0 Å². The number of halogens is 2. The van der Waals surface area contributed by atoms with Crippen LogP contribution in [-0.4, -0.2) is 24.7 Å². The minimum Gasteiger partial charge on any atom is -0.446 e. The van der Waals surface area contributed by atoms with E-state index in [0.717, 1.165) is 32.6 Å². The van der Waals surface area contributed by atoms with Gasteiger partial charge in [-0.15, -0.1) is 0 Å². The van der Waals surface area contributed by atoms with Gasteiger partial charge in [-0.25, -0.2) is 13.6 Å². The predicted molar refractivity (Wildman–Crippen MR) is 65.8 cm³/mol. The Balaban J connectivity index is 1.99. The van der Waals surface area contributed by atoms with Gasteiger partial charge in [0.05, 0.1) is 0 Å². The summed E-state index contributed by atoms with van der Waals surface area (Å²) in [5.74, 6) is -2.61. The number of carbonyl (C=O) groups excluding carboxylic acids is 1. The third kappa shape index (κ3) is 7.45. The monoisotopic (exact) mass is 263 g/mol. The number of amides is 1. The highest BCUT2D eigenvalue weighted by atomic mass is 19.3. The van der Waals surface area contributed by atoms with E-state index in [-0.39, 0.29) is 12.5 Å². The fraction of sp³-hybridized carbons (Fsp3) is 0.923. The quantitative estimate of drug-likeness (QED) is 0.739. The summed E-state index contributed by atoms with van der Waals surface area (Å²) < 4.78 is 30.3. The van der Waals surface area contributed by atoms with Crippen LogP contribution in [0.25, 0.3) is 0 Å². The molecule has 1 aliphatic rings. The molecule has 0 aromatic carbocycles. The fourth-order valence-corrected chi connectivity index (χ4v) is 2.13. The van der Waals surface area contributed by atoms with Crippen LogP contribution in [-0.2, 0) is 4.74 Å². The lowest BCUT2D eigenvalue weighted by atomic mass is 9.98. The van der Waals surface area contributed by atoms with E-state index in [0.29, 0.717) is 19.4 Å². The lowest BCUT2D eigenvalue weighted by Crippen LogP contribution is -2.30. The summed E-state index contributed by atoms with van der Waals surface area (Å²) in [6.45, 7) is 1.32. The van der Waals surface area contributed by atoms with E-state index >= 15 is 0 Å². The van der Waals surface area contributed by atoms with E-state index in [1.165, 1.54) is 6.42 Å². The van der Waals surface area contributed by atoms with Gasteiger partial charge in [-0.1, -0.05) is 6.42 Å². The molecule has 0 unspecified atom stereocenters. The van der Waals surface area contributed by atoms with E-state index in [1.54, 1.807) is 0 Å². The summed E-state index contributed by atoms with van der Waals surface area (Å²) in [7, 11) is 0. The number of ether oxygens (including phenoxy) is 1. The van der Waals surface area contributed by atoms with E-state index in [2.05, 4.69) is 5.32 Å². The van der Waals surface area contributed by atoms with Crippen molar-refractivity contribution >= 4 is 6.09 Å². The Morgan fingerprint density at radius 2 is 1.94 bits per heavy atom. The average molecular weight is 263 g/mol. The van der Waals surface area contributed by atoms with E-state index in [9.17, 15) is 13.6 Å². The standard InChI is InChI=1S/C13H23F2NO2/c1-13(14,15)9-5-6-10-16-12(17)18-11-7-3-2-4-8-11/h11H,2-10H2,1H3,(H,16,17). The zero-order valence-corrected chi connectivity index (χ0v) is 11.0. The Morgan fingerprint density at radius 3 is 2.56 bits per heavy atom. The molecule has 5 heteroatoms. The first-order chi connectivity index (χ1) is 8.47. The molecule has 0 heterocycles. The summed E-state index contributed by atoms with van der Waals surface area (Å²) in [6.07, 6.45) is 5.79. The second-order valence-electron chi connectivity index (χ2n) is 5.12. The molecule has 1 rings (SSSR count). The van der Waals surface area contributed by atoms with Gasteiger partial charge in [0.2, 0.25) is 5.92 Å². The van der Waals surface area contributed by atoms with Crippen LogP contribution in [0.3, 0.4) is 0 Å². The molecule has 0 aliphatic heterocycles. The van der Waals surface area contributed by atoms with Gasteiger partial charge in [0.15, 0.2) is 0 Å². The van der Waals surface area contributed by atoms with Gasteiger partial charge in [-0.05, 0) is 45.4 Å². The molecule has 0 aromatic heterocycles. The number of carbonyl (C=O) groups is 1. The Kier molecular flexibility index (Phi) is 6.36. The molecule has 18 heavy (non-hydrogen) atoms. The molecule has 0 saturated heterocycles. The summed E-state index contributed by atoms with van der Waals surface area (Å²) in [6, 6.07) is 0. The topological polar surface area (TPSA) is 38.3 Å². The Hall–Kier alpha value is -0.870. The fourth-order valence-electron chi connectivity index (χ4n) is 2.13. The molecule has 0 aromatic rings. The highest BCUT2D eigenvalue weighted by Gasteiger charge is 2.20. The highest BCUT2D eigenvalue weighted by molar-refractivity contribution is 5.67. The minimum absolute atomic E-state index is 0.0405. The van der Waals surface area contributed by atoms with Gasteiger partial charge in [0, 0.05) is 13.0 Å². The van der Waals surface area contributed by atoms with Crippen LogP contribution in [0.2, 0.25) is 0 Å². The number of alkyl carbamates (subject to hydrolysis) is 1. The molecule has 1 saturated carbocycles. The van der Waals surface area contributed by atoms with Gasteiger partial charge >= 0.3 is 6.09 Å². The summed E-state index contributed by atoms with van der Waals surface area (Å²) in [4.78, 5) is 11.4. The average Bonchev–Trinajstić information content (AvgIpc) is 2.28. The van der Waals surface area contributed by atoms with Gasteiger partial charge in [-0.3, -0.25) is 0 Å². The number of unbranched alkanes of at least 4 members (excludes halogenated alkanes) is 1. The maximum Gasteiger partial charge on any atom is 0.407 e. The summed E-state index contributed by atoms with van der Waals surface area (Å²) >= 11 is 0. The second-order valence-corrected chi connectivity index (χ2v) is 5.12. The van der Waals surface area contributed by atoms with Crippen molar-refractivity contribution in [2.45, 2.75) is 70.3 Å². The van der Waals surface area contributed by atoms with Crippen molar-refractivity contribution in [3.05, 3.63) is 0 Å². The maximum absolute atomic E-state index is 12.5. The molecule has 1 amide bonds. The molecule has 0 radical (unpaired) electrons. The van der Waals surface area contributed by atoms with Crippen LogP contribution in [0.4, 0.5) is 13.6 Å². The molecular weight excluding hydrogens is 240 g/mol. The van der Waals surface area contributed by atoms with Crippen LogP contribution >= 0.6 is 0 Å². The number of rotatable bonds is 6. The largest absolute Gasteiger partial charge is 0.446 e. The zero-order valence-electron chi connectivity index (χ0n) is 11.0. The van der Waals surface area contributed by atoms with Crippen LogP contribution in [0.15, 0.2) is 0 Å². The van der Waals surface area contributed by atoms with Crippen molar-refractivity contribution < 1.29 is 18.3 Å². The maximum atomic E-state index is 12.5. The predicted octanol–water partition coefficient (Wildman–Crippen LogP) is 3.87. The van der Waals surface area contributed by atoms with E-state index in [4.69, 9.17) is 4.74 Å². The molecule has 0 atom stereocenters. The van der Waals surface area contributed by atoms with E-state index < -0.39 is 12.0 Å². The first kappa shape index (κ1) is 15.2. The molecule has 1 fully saturated rings. The molecule has 0 spiro atoms. The van der Waals surface area contributed by atoms with Gasteiger partial charge < -0.3 is 10.1 Å². The molecule has 1 aliphatic carbocycles. The van der Waals surface area contributed by atoms with Crippen LogP contribution < -0.4 is 5.32 Å². The first-order valence-corrected chi connectivity index (χ1v) is 6.80. The number of hydrogen-bond acceptors (Lipinski definition) is 2. The lowest BCUT2D eigenvalue weighted by molar-refractivity contribution is 0.0105. The molecule has 3 nitrogen and oxygen atoms in total. The molecule has 106 valence electrons. The third-order valence-corrected chi connectivity index (χ3v) is 3.14. The van der Waals surface area contributed by atoms with Crippen LogP contribution in [0.1, 0.15) is 58.3 Å². The van der Waals surface area contributed by atoms with Crippen molar-refractivity contribution in [1.29, 1.82) is 0 Å². The van der Waals surface area contributed by atoms with Gasteiger partial charge in [-0.2, -0.15) is 0 Å². The normalized spacial score (nSPS) is 17.5. The van der Waals surface area contributed by atoms with Crippen molar-refractivity contribution in [1.82, 2.24) is 5.32 Å². The SMILES string of the molecule is CC(F)(F)CCCCNC(=O)OC1CCCCC1. The second kappa shape index (κ2) is 7.54. The van der Waals surface area contributed by atoms with Gasteiger partial charge in [0.25, 0.3) is 0 Å². The summed E-state index contributed by atoms with van der Waals surface area (Å²) in [5, 5.41) is 2.61. The Labute approximate surface area is 107 Å². The third-order valence-electron chi connectivity index (χ3n) is 3.14. The molecular formula is C13H23F2NO2. The Morgan fingerprint density at radius 1 is 1.28 bits per heavy atom. The van der Waals surface area contributed by atoms with Crippen molar-refractivity contribution in [3.8, 4) is 0 Å². The molecule has 0 bridgehead atoms. The van der Waals surface area contributed by atoms with Gasteiger partial charge in [0.1, 0.15) is 6.10 Å². The van der Waals surface area contributed by atoms with Crippen molar-refractivity contribution in [3.63, 3.8) is 0 Å². The Bertz CT molecular complexity index is 248. The molecule has 1 N–H and O–H groups in total. The first-order valence-electron chi connectivity index (χ1n) is 6.80. The number of alkyl halides is 2. The van der Waals surface area contributed by atoms with Crippen LogP contribution in [0.5, 0.6) is 0 Å². The summed E-state index contributed by atoms with van der Waals surface area (Å²) in [5.41, 5.74) is 0. The van der Waals surface area contributed by atoms with Crippen LogP contribution in [0, 0.1) is 0 Å². The zero-order chi connectivity index (χ0) is 13.4. The minimum atomic E-state index is -2.61.